The van der Waals surface area contributed by atoms with Gasteiger partial charge in [0.25, 0.3) is 10.0 Å². The zero-order chi connectivity index (χ0) is 22.2. The van der Waals surface area contributed by atoms with Crippen molar-refractivity contribution in [2.24, 2.45) is 11.8 Å². The summed E-state index contributed by atoms with van der Waals surface area (Å²) in [6.45, 7) is 1.80. The second kappa shape index (κ2) is 8.34. The van der Waals surface area contributed by atoms with Crippen molar-refractivity contribution in [1.82, 2.24) is 4.90 Å². The molecular weight excluding hydrogens is 416 g/mol. The van der Waals surface area contributed by atoms with Gasteiger partial charge in [-0.05, 0) is 49.1 Å². The van der Waals surface area contributed by atoms with Gasteiger partial charge in [-0.25, -0.2) is 8.42 Å². The van der Waals surface area contributed by atoms with E-state index < -0.39 is 10.0 Å². The van der Waals surface area contributed by atoms with E-state index in [0.29, 0.717) is 22.6 Å². The summed E-state index contributed by atoms with van der Waals surface area (Å²) in [5.74, 6) is -0.157. The van der Waals surface area contributed by atoms with Gasteiger partial charge >= 0.3 is 0 Å². The molecule has 0 unspecified atom stereocenters. The Morgan fingerprint density at radius 2 is 1.71 bits per heavy atom. The molecule has 2 aromatic carbocycles. The van der Waals surface area contributed by atoms with Crippen LogP contribution in [0.25, 0.3) is 0 Å². The summed E-state index contributed by atoms with van der Waals surface area (Å²) in [5, 5.41) is 0. The third kappa shape index (κ3) is 4.17. The molecule has 1 saturated carbocycles. The summed E-state index contributed by atoms with van der Waals surface area (Å²) in [6, 6.07) is 11.7. The number of fused-ring (bicyclic) bond motifs is 1. The molecule has 2 aromatic rings. The number of carbonyl (C=O) groups is 2. The summed E-state index contributed by atoms with van der Waals surface area (Å²) in [4.78, 5) is 27.0. The van der Waals surface area contributed by atoms with Gasteiger partial charge < -0.3 is 4.74 Å². The van der Waals surface area contributed by atoms with Crippen LogP contribution < -0.4 is 9.46 Å². The zero-order valence-electron chi connectivity index (χ0n) is 17.6. The van der Waals surface area contributed by atoms with Crippen molar-refractivity contribution in [1.29, 1.82) is 0 Å². The quantitative estimate of drug-likeness (QED) is 0.692. The minimum absolute atomic E-state index is 0.0899. The van der Waals surface area contributed by atoms with Crippen LogP contribution in [0.15, 0.2) is 47.4 Å². The van der Waals surface area contributed by atoms with Crippen molar-refractivity contribution >= 4 is 27.5 Å². The van der Waals surface area contributed by atoms with E-state index in [9.17, 15) is 18.0 Å². The fourth-order valence-corrected chi connectivity index (χ4v) is 5.84. The number of methoxy groups -OCH3 is 1. The lowest BCUT2D eigenvalue weighted by Crippen LogP contribution is -2.30. The average Bonchev–Trinajstić information content (AvgIpc) is 3.00. The number of hydrogen-bond acceptors (Lipinski definition) is 5. The summed E-state index contributed by atoms with van der Waals surface area (Å²) in [5.41, 5.74) is 1.57. The molecule has 2 atom stereocenters. The first-order chi connectivity index (χ1) is 14.8. The molecule has 4 rings (SSSR count). The lowest BCUT2D eigenvalue weighted by Gasteiger charge is -2.19. The largest absolute Gasteiger partial charge is 0.497 e. The predicted octanol–water partition coefficient (Wildman–Crippen LogP) is 3.48. The molecule has 1 aliphatic heterocycles. The van der Waals surface area contributed by atoms with Gasteiger partial charge in [0.1, 0.15) is 5.75 Å². The van der Waals surface area contributed by atoms with E-state index in [0.717, 1.165) is 25.7 Å². The Kier molecular flexibility index (Phi) is 5.75. The van der Waals surface area contributed by atoms with E-state index in [1.54, 1.807) is 49.4 Å². The van der Waals surface area contributed by atoms with Crippen LogP contribution in [0.5, 0.6) is 5.75 Å². The Balaban J connectivity index is 1.58. The van der Waals surface area contributed by atoms with Crippen LogP contribution in [-0.4, -0.2) is 32.2 Å². The topological polar surface area (TPSA) is 92.8 Å². The van der Waals surface area contributed by atoms with Crippen molar-refractivity contribution < 1.29 is 22.7 Å². The maximum Gasteiger partial charge on any atom is 0.262 e. The van der Waals surface area contributed by atoms with Gasteiger partial charge in [0.15, 0.2) is 0 Å². The first-order valence-corrected chi connectivity index (χ1v) is 11.9. The highest BCUT2D eigenvalue weighted by Gasteiger charge is 2.47. The summed E-state index contributed by atoms with van der Waals surface area (Å²) in [7, 11) is -2.35. The van der Waals surface area contributed by atoms with E-state index >= 15 is 0 Å². The third-order valence-corrected chi connectivity index (χ3v) is 7.66. The maximum absolute atomic E-state index is 13.0. The Morgan fingerprint density at radius 1 is 1.03 bits per heavy atom. The van der Waals surface area contributed by atoms with Gasteiger partial charge in [-0.15, -0.1) is 0 Å². The minimum atomic E-state index is -3.87. The zero-order valence-corrected chi connectivity index (χ0v) is 18.4. The molecule has 0 radical (unpaired) electrons. The summed E-state index contributed by atoms with van der Waals surface area (Å²) >= 11 is 0. The van der Waals surface area contributed by atoms with Gasteiger partial charge in [0, 0.05) is 6.07 Å². The number of ether oxygens (including phenoxy) is 1. The van der Waals surface area contributed by atoms with Crippen molar-refractivity contribution in [2.75, 3.05) is 11.8 Å². The van der Waals surface area contributed by atoms with Crippen molar-refractivity contribution in [2.45, 2.75) is 44.0 Å². The lowest BCUT2D eigenvalue weighted by molar-refractivity contribution is -0.140. The Hall–Kier alpha value is -2.87. The molecule has 2 aliphatic rings. The smallest absolute Gasteiger partial charge is 0.262 e. The molecule has 2 fully saturated rings. The standard InChI is InChI=1S/C23H26N2O5S/c1-15-10-11-16(14-25-22(26)19-8-3-4-9-20(19)23(25)27)12-21(15)31(28,29)24-17-6-5-7-18(13-17)30-2/h5-7,10-13,19-20,24H,3-4,8-9,14H2,1-2H3/t19-,20-/m0/s1. The number of anilines is 1. The number of carbonyl (C=O) groups excluding carboxylic acids is 2. The molecular formula is C23H26N2O5S. The van der Waals surface area contributed by atoms with Gasteiger partial charge in [0.2, 0.25) is 11.8 Å². The number of nitrogens with one attached hydrogen (secondary N) is 1. The van der Waals surface area contributed by atoms with E-state index in [-0.39, 0.29) is 35.1 Å². The molecule has 8 heteroatoms. The van der Waals surface area contributed by atoms with Crippen LogP contribution in [0.2, 0.25) is 0 Å². The molecule has 0 bridgehead atoms. The highest BCUT2D eigenvalue weighted by atomic mass is 32.2. The van der Waals surface area contributed by atoms with Crippen molar-refractivity contribution in [3.8, 4) is 5.75 Å². The Labute approximate surface area is 182 Å². The lowest BCUT2D eigenvalue weighted by atomic mass is 9.81. The third-order valence-electron chi connectivity index (χ3n) is 6.14. The molecule has 31 heavy (non-hydrogen) atoms. The first-order valence-electron chi connectivity index (χ1n) is 10.4. The highest BCUT2D eigenvalue weighted by Crippen LogP contribution is 2.38. The summed E-state index contributed by atoms with van der Waals surface area (Å²) < 4.78 is 33.8. The predicted molar refractivity (Wildman–Crippen MR) is 116 cm³/mol. The fraction of sp³-hybridized carbons (Fsp3) is 0.391. The molecule has 7 nitrogen and oxygen atoms in total. The number of aryl methyl sites for hydroxylation is 1. The van der Waals surface area contributed by atoms with Gasteiger partial charge in [-0.3, -0.25) is 19.2 Å². The van der Waals surface area contributed by atoms with E-state index in [1.165, 1.54) is 12.0 Å². The molecule has 1 heterocycles. The van der Waals surface area contributed by atoms with E-state index in [2.05, 4.69) is 4.72 Å². The Morgan fingerprint density at radius 3 is 2.35 bits per heavy atom. The van der Waals surface area contributed by atoms with Crippen LogP contribution >= 0.6 is 0 Å². The number of hydrogen-bond donors (Lipinski definition) is 1. The number of rotatable bonds is 6. The molecule has 0 aromatic heterocycles. The second-order valence-electron chi connectivity index (χ2n) is 8.20. The molecule has 164 valence electrons. The highest BCUT2D eigenvalue weighted by molar-refractivity contribution is 7.92. The van der Waals surface area contributed by atoms with Crippen molar-refractivity contribution in [3.63, 3.8) is 0 Å². The van der Waals surface area contributed by atoms with E-state index in [4.69, 9.17) is 4.74 Å². The minimum Gasteiger partial charge on any atom is -0.497 e. The first kappa shape index (κ1) is 21.4. The molecule has 0 spiro atoms. The van der Waals surface area contributed by atoms with Gasteiger partial charge in [-0.2, -0.15) is 0 Å². The second-order valence-corrected chi connectivity index (χ2v) is 9.85. The van der Waals surface area contributed by atoms with Crippen LogP contribution in [0.1, 0.15) is 36.8 Å². The Bertz CT molecular complexity index is 1100. The molecule has 1 N–H and O–H groups in total. The molecule has 1 aliphatic carbocycles. The van der Waals surface area contributed by atoms with Crippen LogP contribution in [0, 0.1) is 18.8 Å². The van der Waals surface area contributed by atoms with Crippen LogP contribution in [-0.2, 0) is 26.2 Å². The van der Waals surface area contributed by atoms with Gasteiger partial charge in [-0.1, -0.05) is 31.0 Å². The summed E-state index contributed by atoms with van der Waals surface area (Å²) in [6.07, 6.45) is 3.45. The number of imide groups is 1. The fourth-order valence-electron chi connectivity index (χ4n) is 4.50. The maximum atomic E-state index is 13.0. The number of benzene rings is 2. The normalized spacial score (nSPS) is 21.2. The molecule has 1 saturated heterocycles. The van der Waals surface area contributed by atoms with Crippen LogP contribution in [0.4, 0.5) is 5.69 Å². The van der Waals surface area contributed by atoms with Crippen LogP contribution in [0.3, 0.4) is 0 Å². The monoisotopic (exact) mass is 442 g/mol. The number of sulfonamides is 1. The SMILES string of the molecule is COc1cccc(NS(=O)(=O)c2cc(CN3C(=O)[C@H]4CCCC[C@@H]4C3=O)ccc2C)c1. The average molecular weight is 443 g/mol. The number of nitrogens with zero attached hydrogens (tertiary/aromatic N) is 1. The molecule has 2 amide bonds. The number of amides is 2. The van der Waals surface area contributed by atoms with Gasteiger partial charge in [0.05, 0.1) is 36.1 Å². The van der Waals surface area contributed by atoms with E-state index in [1.807, 2.05) is 0 Å². The number of likely N-dealkylation sites (tertiary alicyclic amines) is 1. The van der Waals surface area contributed by atoms with Crippen molar-refractivity contribution in [3.05, 3.63) is 53.6 Å².